The van der Waals surface area contributed by atoms with Crippen LogP contribution in [0.5, 0.6) is 0 Å². The summed E-state index contributed by atoms with van der Waals surface area (Å²) in [5.41, 5.74) is 15.6. The van der Waals surface area contributed by atoms with Crippen LogP contribution in [0, 0.1) is 5.92 Å². The van der Waals surface area contributed by atoms with Crippen molar-refractivity contribution < 1.29 is 33.9 Å². The van der Waals surface area contributed by atoms with Crippen molar-refractivity contribution in [2.24, 2.45) is 22.4 Å². The van der Waals surface area contributed by atoms with Crippen molar-refractivity contribution in [1.82, 2.24) is 31.7 Å². The molecule has 6 amide bonds. The summed E-state index contributed by atoms with van der Waals surface area (Å²) in [6, 6.07) is 2.07. The summed E-state index contributed by atoms with van der Waals surface area (Å²) in [6.07, 6.45) is -0.675. The van der Waals surface area contributed by atoms with Gasteiger partial charge in [-0.3, -0.25) is 34.4 Å². The number of carbonyl (C=O) groups is 6. The molecule has 0 aromatic heterocycles. The van der Waals surface area contributed by atoms with Gasteiger partial charge in [0.15, 0.2) is 5.96 Å². The van der Waals surface area contributed by atoms with Crippen LogP contribution >= 0.6 is 0 Å². The van der Waals surface area contributed by atoms with E-state index in [1.807, 2.05) is 0 Å². The first kappa shape index (κ1) is 33.5. The van der Waals surface area contributed by atoms with Crippen LogP contribution in [0.3, 0.4) is 0 Å². The lowest BCUT2D eigenvalue weighted by molar-refractivity contribution is -0.146. The van der Waals surface area contributed by atoms with Crippen molar-refractivity contribution in [3.63, 3.8) is 0 Å². The Hall–Kier alpha value is -4.73. The molecule has 1 heterocycles. The number of carboxylic acids is 1. The minimum Gasteiger partial charge on any atom is -0.481 e. The summed E-state index contributed by atoms with van der Waals surface area (Å²) in [7, 11) is 1.47. The predicted molar refractivity (Wildman–Crippen MR) is 151 cm³/mol. The molecular weight excluding hydrogens is 550 g/mol. The second-order valence-electron chi connectivity index (χ2n) is 10.0. The molecular formula is C26H39N9O7. The summed E-state index contributed by atoms with van der Waals surface area (Å²) >= 11 is 0. The smallest absolute Gasteiger partial charge is 0.343 e. The molecule has 1 fully saturated rings. The number of carboxylic acid groups (broad SMARTS) is 1. The minimum absolute atomic E-state index is 0.0359. The van der Waals surface area contributed by atoms with E-state index in [4.69, 9.17) is 11.5 Å². The first-order valence-corrected chi connectivity index (χ1v) is 13.4. The summed E-state index contributed by atoms with van der Waals surface area (Å²) in [5, 5.41) is 17.4. The number of carbonyl (C=O) groups excluding carboxylic acids is 5. The van der Waals surface area contributed by atoms with E-state index >= 15 is 0 Å². The fourth-order valence-electron chi connectivity index (χ4n) is 4.39. The first-order valence-electron chi connectivity index (χ1n) is 13.4. The van der Waals surface area contributed by atoms with Crippen LogP contribution in [0.15, 0.2) is 35.3 Å². The van der Waals surface area contributed by atoms with Gasteiger partial charge in [-0.2, -0.15) is 0 Å². The molecule has 230 valence electrons. The number of hydrogen-bond acceptors (Lipinski definition) is 8. The quantitative estimate of drug-likeness (QED) is 0.0794. The van der Waals surface area contributed by atoms with Gasteiger partial charge in [-0.15, -0.1) is 0 Å². The molecule has 1 unspecified atom stereocenters. The number of guanidine groups is 1. The first-order chi connectivity index (χ1) is 19.8. The fourth-order valence-corrected chi connectivity index (χ4v) is 4.39. The molecule has 1 aliphatic rings. The predicted octanol–water partition coefficient (Wildman–Crippen LogP) is -2.08. The van der Waals surface area contributed by atoms with Gasteiger partial charge >= 0.3 is 12.0 Å². The number of imide groups is 1. The Bertz CT molecular complexity index is 1170. The van der Waals surface area contributed by atoms with Crippen molar-refractivity contribution in [2.45, 2.75) is 63.7 Å². The maximum atomic E-state index is 13.6. The molecule has 10 N–H and O–H groups in total. The van der Waals surface area contributed by atoms with Crippen LogP contribution in [-0.4, -0.2) is 89.4 Å². The lowest BCUT2D eigenvalue weighted by Gasteiger charge is -2.34. The Morgan fingerprint density at radius 2 is 1.64 bits per heavy atom. The van der Waals surface area contributed by atoms with Gasteiger partial charge in [0, 0.05) is 13.0 Å². The zero-order valence-corrected chi connectivity index (χ0v) is 23.8. The number of hydrogen-bond donors (Lipinski definition) is 8. The van der Waals surface area contributed by atoms with Crippen molar-refractivity contribution in [2.75, 3.05) is 13.6 Å². The number of nitrogens with zero attached hydrogens (tertiary/aromatic N) is 2. The van der Waals surface area contributed by atoms with Crippen LogP contribution < -0.4 is 38.3 Å². The lowest BCUT2D eigenvalue weighted by Crippen LogP contribution is -2.66. The SMILES string of the molecule is CN[C@H](C(=O)N1C(=O)NNC(=O)[C@H](CCCN=C(N)N)NC(=O)C(Cc2ccccc2)NC(=O)[C@@H]1CC(=O)O)C(C)C. The molecule has 1 saturated heterocycles. The van der Waals surface area contributed by atoms with Crippen LogP contribution in [-0.2, 0) is 30.4 Å². The normalized spacial score (nSPS) is 20.7. The number of urea groups is 1. The van der Waals surface area contributed by atoms with Gasteiger partial charge in [-0.05, 0) is 31.4 Å². The monoisotopic (exact) mass is 589 g/mol. The minimum atomic E-state index is -1.86. The van der Waals surface area contributed by atoms with Gasteiger partial charge < -0.3 is 32.5 Å². The zero-order valence-electron chi connectivity index (χ0n) is 23.8. The third-order valence-electron chi connectivity index (χ3n) is 6.47. The highest BCUT2D eigenvalue weighted by Gasteiger charge is 2.42. The molecule has 16 nitrogen and oxygen atoms in total. The van der Waals surface area contributed by atoms with E-state index in [9.17, 15) is 33.9 Å². The Kier molecular flexibility index (Phi) is 12.7. The van der Waals surface area contributed by atoms with Gasteiger partial charge in [-0.25, -0.2) is 15.1 Å². The maximum absolute atomic E-state index is 13.6. The third kappa shape index (κ3) is 9.72. The van der Waals surface area contributed by atoms with Gasteiger partial charge in [0.1, 0.15) is 18.1 Å². The highest BCUT2D eigenvalue weighted by Crippen LogP contribution is 2.15. The molecule has 0 bridgehead atoms. The topological polar surface area (TPSA) is 250 Å². The molecule has 42 heavy (non-hydrogen) atoms. The largest absolute Gasteiger partial charge is 0.481 e. The number of nitrogens with one attached hydrogen (secondary N) is 5. The second kappa shape index (κ2) is 15.9. The fraction of sp³-hybridized carbons (Fsp3) is 0.500. The average molecular weight is 590 g/mol. The number of aliphatic imine (C=N–C) groups is 1. The van der Waals surface area contributed by atoms with Crippen molar-refractivity contribution >= 4 is 41.6 Å². The maximum Gasteiger partial charge on any atom is 0.343 e. The molecule has 1 aliphatic heterocycles. The number of amides is 6. The third-order valence-corrected chi connectivity index (χ3v) is 6.47. The van der Waals surface area contributed by atoms with Crippen LogP contribution in [0.25, 0.3) is 0 Å². The van der Waals surface area contributed by atoms with Gasteiger partial charge in [0.05, 0.1) is 12.5 Å². The van der Waals surface area contributed by atoms with Crippen LogP contribution in [0.2, 0.25) is 0 Å². The molecule has 1 aromatic rings. The van der Waals surface area contributed by atoms with E-state index in [1.54, 1.807) is 44.2 Å². The second-order valence-corrected chi connectivity index (χ2v) is 10.0. The van der Waals surface area contributed by atoms with Gasteiger partial charge in [-0.1, -0.05) is 44.2 Å². The molecule has 0 aliphatic carbocycles. The zero-order chi connectivity index (χ0) is 31.4. The van der Waals surface area contributed by atoms with Crippen LogP contribution in [0.1, 0.15) is 38.7 Å². The number of aliphatic carboxylic acids is 1. The Labute approximate surface area is 243 Å². The Morgan fingerprint density at radius 3 is 2.21 bits per heavy atom. The van der Waals surface area contributed by atoms with Crippen molar-refractivity contribution in [3.8, 4) is 0 Å². The molecule has 1 aromatic carbocycles. The van der Waals surface area contributed by atoms with E-state index < -0.39 is 66.2 Å². The van der Waals surface area contributed by atoms with Gasteiger partial charge in [0.2, 0.25) is 17.7 Å². The number of hydrazine groups is 1. The van der Waals surface area contributed by atoms with Gasteiger partial charge in [0.25, 0.3) is 5.91 Å². The van der Waals surface area contributed by atoms with E-state index in [0.29, 0.717) is 10.5 Å². The number of rotatable bonds is 11. The summed E-state index contributed by atoms with van der Waals surface area (Å²) in [5.74, 6) is -5.53. The Balaban J connectivity index is 2.56. The number of likely N-dealkylation sites (N-methyl/N-ethyl adjacent to an activating group) is 1. The Morgan fingerprint density at radius 1 is 1.00 bits per heavy atom. The van der Waals surface area contributed by atoms with E-state index in [2.05, 4.69) is 31.8 Å². The number of benzene rings is 1. The molecule has 0 radical (unpaired) electrons. The summed E-state index contributed by atoms with van der Waals surface area (Å²) in [4.78, 5) is 83.1. The number of nitrogens with two attached hydrogens (primary N) is 2. The average Bonchev–Trinajstić information content (AvgIpc) is 2.92. The van der Waals surface area contributed by atoms with Crippen molar-refractivity contribution in [1.29, 1.82) is 0 Å². The van der Waals surface area contributed by atoms with E-state index in [-0.39, 0.29) is 37.7 Å². The standard InChI is InChI=1S/C26H39N9O7/c1-14(2)20(29-3)24(41)35-18(13-19(36)37)23(40)32-17(12-15-8-5-4-6-9-15)21(38)31-16(10-7-11-30-25(27)28)22(39)33-34-26(35)42/h4-6,8-9,14,16-18,20,29H,7,10-13H2,1-3H3,(H,31,38)(H,32,40)(H,33,39)(H,34,42)(H,36,37)(H4,27,28,30)/t16-,17?,18-,20-/m0/s1. The molecule has 16 heteroatoms. The molecule has 0 spiro atoms. The summed E-state index contributed by atoms with van der Waals surface area (Å²) in [6.45, 7) is 3.53. The highest BCUT2D eigenvalue weighted by atomic mass is 16.4. The van der Waals surface area contributed by atoms with Crippen LogP contribution in [0.4, 0.5) is 4.79 Å². The molecule has 2 rings (SSSR count). The molecule has 0 saturated carbocycles. The summed E-state index contributed by atoms with van der Waals surface area (Å²) < 4.78 is 0. The van der Waals surface area contributed by atoms with E-state index in [0.717, 1.165) is 0 Å². The lowest BCUT2D eigenvalue weighted by atomic mass is 10.0. The van der Waals surface area contributed by atoms with E-state index in [1.165, 1.54) is 7.05 Å². The highest BCUT2D eigenvalue weighted by molar-refractivity contribution is 6.04. The van der Waals surface area contributed by atoms with Crippen molar-refractivity contribution in [3.05, 3.63) is 35.9 Å². The molecule has 4 atom stereocenters.